The molecule has 0 aliphatic carbocycles. The second-order valence-corrected chi connectivity index (χ2v) is 5.05. The Morgan fingerprint density at radius 3 is 3.12 bits per heavy atom. The summed E-state index contributed by atoms with van der Waals surface area (Å²) in [5.41, 5.74) is 1.87. The van der Waals surface area contributed by atoms with Gasteiger partial charge in [-0.1, -0.05) is 0 Å². The van der Waals surface area contributed by atoms with Crippen LogP contribution >= 0.6 is 0 Å². The number of aromatic amines is 1. The molecule has 1 saturated heterocycles. The quantitative estimate of drug-likeness (QED) is 0.708. The Kier molecular flexibility index (Phi) is 2.72. The minimum Gasteiger partial charge on any atom is -0.312 e. The van der Waals surface area contributed by atoms with Gasteiger partial charge in [-0.05, 0) is 20.0 Å². The van der Waals surface area contributed by atoms with E-state index in [1.807, 2.05) is 0 Å². The molecular formula is C12H18N4O. The van der Waals surface area contributed by atoms with E-state index < -0.39 is 0 Å². The van der Waals surface area contributed by atoms with Crippen LogP contribution in [0.5, 0.6) is 0 Å². The normalized spacial score (nSPS) is 24.9. The van der Waals surface area contributed by atoms with E-state index in [2.05, 4.69) is 27.2 Å². The summed E-state index contributed by atoms with van der Waals surface area (Å²) < 4.78 is 0. The number of H-pyrrole nitrogens is 1. The maximum Gasteiger partial charge on any atom is 0.255 e. The molecule has 2 aliphatic heterocycles. The van der Waals surface area contributed by atoms with Gasteiger partial charge < -0.3 is 15.2 Å². The third kappa shape index (κ3) is 2.00. The molecule has 1 fully saturated rings. The molecular weight excluding hydrogens is 216 g/mol. The summed E-state index contributed by atoms with van der Waals surface area (Å²) in [5, 5.41) is 3.21. The number of nitrogens with zero attached hydrogens (tertiary/aromatic N) is 2. The number of hydrogen-bond acceptors (Lipinski definition) is 4. The van der Waals surface area contributed by atoms with Crippen LogP contribution in [0.15, 0.2) is 4.79 Å². The Labute approximate surface area is 100 Å². The molecule has 1 aromatic rings. The van der Waals surface area contributed by atoms with E-state index in [0.29, 0.717) is 12.5 Å². The molecule has 5 nitrogen and oxygen atoms in total. The molecule has 17 heavy (non-hydrogen) atoms. The van der Waals surface area contributed by atoms with Gasteiger partial charge in [0.2, 0.25) is 0 Å². The van der Waals surface area contributed by atoms with Gasteiger partial charge in [0.1, 0.15) is 5.82 Å². The number of aromatic nitrogens is 2. The maximum atomic E-state index is 12.0. The van der Waals surface area contributed by atoms with Gasteiger partial charge in [-0.25, -0.2) is 4.98 Å². The van der Waals surface area contributed by atoms with E-state index in [1.165, 1.54) is 0 Å². The molecule has 1 unspecified atom stereocenters. The van der Waals surface area contributed by atoms with Gasteiger partial charge in [-0.2, -0.15) is 0 Å². The Hall–Kier alpha value is -1.20. The summed E-state index contributed by atoms with van der Waals surface area (Å²) in [6.07, 6.45) is 1.96. The zero-order valence-electron chi connectivity index (χ0n) is 10.1. The predicted octanol–water partition coefficient (Wildman–Crippen LogP) is -0.165. The third-order valence-electron chi connectivity index (χ3n) is 3.74. The van der Waals surface area contributed by atoms with Crippen LogP contribution in [0.2, 0.25) is 0 Å². The summed E-state index contributed by atoms with van der Waals surface area (Å²) in [7, 11) is 2.11. The summed E-state index contributed by atoms with van der Waals surface area (Å²) in [6.45, 7) is 3.67. The number of likely N-dealkylation sites (tertiary alicyclic amines) is 1. The average Bonchev–Trinajstić information content (AvgIpc) is 2.76. The zero-order chi connectivity index (χ0) is 11.8. The Balaban J connectivity index is 1.96. The minimum atomic E-state index is 0.0479. The van der Waals surface area contributed by atoms with Crippen LogP contribution in [0.4, 0.5) is 0 Å². The van der Waals surface area contributed by atoms with Gasteiger partial charge in [-0.3, -0.25) is 4.79 Å². The van der Waals surface area contributed by atoms with E-state index in [4.69, 9.17) is 0 Å². The van der Waals surface area contributed by atoms with Crippen LogP contribution in [-0.2, 0) is 13.0 Å². The summed E-state index contributed by atoms with van der Waals surface area (Å²) in [5.74, 6) is 1.29. The van der Waals surface area contributed by atoms with Crippen LogP contribution in [0, 0.1) is 0 Å². The standard InChI is InChI=1S/C12H18N4O/c1-16-5-3-8(7-16)11-14-10-2-4-13-6-9(10)12(17)15-11/h8,13H,2-7H2,1H3,(H,14,15,17). The fourth-order valence-corrected chi connectivity index (χ4v) is 2.72. The van der Waals surface area contributed by atoms with E-state index >= 15 is 0 Å². The molecule has 3 rings (SSSR count). The molecule has 3 heterocycles. The van der Waals surface area contributed by atoms with E-state index in [1.54, 1.807) is 0 Å². The van der Waals surface area contributed by atoms with E-state index in [-0.39, 0.29) is 5.56 Å². The van der Waals surface area contributed by atoms with Crippen LogP contribution in [0.1, 0.15) is 29.4 Å². The topological polar surface area (TPSA) is 61.0 Å². The Morgan fingerprint density at radius 1 is 1.47 bits per heavy atom. The van der Waals surface area contributed by atoms with Crippen LogP contribution in [0.25, 0.3) is 0 Å². The average molecular weight is 234 g/mol. The SMILES string of the molecule is CN1CCC(c2nc3c(c(=O)[nH]2)CNCC3)C1. The van der Waals surface area contributed by atoms with Crippen molar-refractivity contribution in [2.24, 2.45) is 0 Å². The number of rotatable bonds is 1. The Morgan fingerprint density at radius 2 is 2.35 bits per heavy atom. The molecule has 1 aromatic heterocycles. The smallest absolute Gasteiger partial charge is 0.255 e. The molecule has 2 aliphatic rings. The molecule has 0 spiro atoms. The van der Waals surface area contributed by atoms with E-state index in [9.17, 15) is 4.79 Å². The van der Waals surface area contributed by atoms with Gasteiger partial charge in [-0.15, -0.1) is 0 Å². The minimum absolute atomic E-state index is 0.0479. The monoisotopic (exact) mass is 234 g/mol. The highest BCUT2D eigenvalue weighted by atomic mass is 16.1. The van der Waals surface area contributed by atoms with Gasteiger partial charge in [0.15, 0.2) is 0 Å². The van der Waals surface area contributed by atoms with Gasteiger partial charge >= 0.3 is 0 Å². The second-order valence-electron chi connectivity index (χ2n) is 5.05. The second kappa shape index (κ2) is 4.23. The third-order valence-corrected chi connectivity index (χ3v) is 3.74. The molecule has 0 radical (unpaired) electrons. The first-order valence-electron chi connectivity index (χ1n) is 6.25. The fourth-order valence-electron chi connectivity index (χ4n) is 2.72. The molecule has 0 amide bonds. The highest BCUT2D eigenvalue weighted by Gasteiger charge is 2.25. The van der Waals surface area contributed by atoms with Gasteiger partial charge in [0.05, 0.1) is 11.3 Å². The van der Waals surface area contributed by atoms with Crippen LogP contribution in [-0.4, -0.2) is 41.5 Å². The van der Waals surface area contributed by atoms with Crippen LogP contribution in [0.3, 0.4) is 0 Å². The Bertz CT molecular complexity index is 482. The molecule has 0 bridgehead atoms. The van der Waals surface area contributed by atoms with Gasteiger partial charge in [0, 0.05) is 32.0 Å². The number of likely N-dealkylation sites (N-methyl/N-ethyl adjacent to an activating group) is 1. The highest BCUT2D eigenvalue weighted by Crippen LogP contribution is 2.23. The molecule has 5 heteroatoms. The first-order valence-corrected chi connectivity index (χ1v) is 6.25. The van der Waals surface area contributed by atoms with Crippen molar-refractivity contribution in [2.75, 3.05) is 26.7 Å². The number of hydrogen-bond donors (Lipinski definition) is 2. The highest BCUT2D eigenvalue weighted by molar-refractivity contribution is 5.21. The first-order chi connectivity index (χ1) is 8.24. The van der Waals surface area contributed by atoms with Crippen molar-refractivity contribution in [3.05, 3.63) is 27.4 Å². The van der Waals surface area contributed by atoms with Gasteiger partial charge in [0.25, 0.3) is 5.56 Å². The van der Waals surface area contributed by atoms with Crippen LogP contribution < -0.4 is 10.9 Å². The van der Waals surface area contributed by atoms with E-state index in [0.717, 1.165) is 49.6 Å². The molecule has 2 N–H and O–H groups in total. The largest absolute Gasteiger partial charge is 0.312 e. The molecule has 1 atom stereocenters. The van der Waals surface area contributed by atoms with Crippen molar-refractivity contribution in [1.82, 2.24) is 20.2 Å². The zero-order valence-corrected chi connectivity index (χ0v) is 10.1. The summed E-state index contributed by atoms with van der Waals surface area (Å²) >= 11 is 0. The lowest BCUT2D eigenvalue weighted by Crippen LogP contribution is -2.32. The predicted molar refractivity (Wildman–Crippen MR) is 65.1 cm³/mol. The van der Waals surface area contributed by atoms with Crippen molar-refractivity contribution in [3.8, 4) is 0 Å². The van der Waals surface area contributed by atoms with Crippen molar-refractivity contribution >= 4 is 0 Å². The van der Waals surface area contributed by atoms with Crippen molar-refractivity contribution in [1.29, 1.82) is 0 Å². The van der Waals surface area contributed by atoms with Crippen molar-refractivity contribution in [3.63, 3.8) is 0 Å². The fraction of sp³-hybridized carbons (Fsp3) is 0.667. The molecule has 0 saturated carbocycles. The number of fused-ring (bicyclic) bond motifs is 1. The lowest BCUT2D eigenvalue weighted by atomic mass is 10.1. The lowest BCUT2D eigenvalue weighted by molar-refractivity contribution is 0.409. The van der Waals surface area contributed by atoms with Crippen molar-refractivity contribution in [2.45, 2.75) is 25.3 Å². The lowest BCUT2D eigenvalue weighted by Gasteiger charge is -2.17. The number of nitrogens with one attached hydrogen (secondary N) is 2. The summed E-state index contributed by atoms with van der Waals surface area (Å²) in [6, 6.07) is 0. The molecule has 0 aromatic carbocycles. The summed E-state index contributed by atoms with van der Waals surface area (Å²) in [4.78, 5) is 21.9. The molecule has 92 valence electrons. The first kappa shape index (κ1) is 10.9. The van der Waals surface area contributed by atoms with Crippen molar-refractivity contribution < 1.29 is 0 Å². The maximum absolute atomic E-state index is 12.0.